The molecule has 20 heavy (non-hydrogen) atoms. The molecule has 118 valence electrons. The van der Waals surface area contributed by atoms with Gasteiger partial charge in [0.15, 0.2) is 0 Å². The van der Waals surface area contributed by atoms with E-state index in [1.807, 2.05) is 0 Å². The van der Waals surface area contributed by atoms with Crippen molar-refractivity contribution in [3.05, 3.63) is 0 Å². The molecule has 1 saturated heterocycles. The topological polar surface area (TPSA) is 35.5 Å². The molecule has 0 aromatic carbocycles. The van der Waals surface area contributed by atoms with Crippen LogP contribution in [0.3, 0.4) is 0 Å². The molecule has 0 aromatic heterocycles. The molecule has 3 nitrogen and oxygen atoms in total. The van der Waals surface area contributed by atoms with Crippen LogP contribution in [0.15, 0.2) is 0 Å². The Labute approximate surface area is 125 Å². The summed E-state index contributed by atoms with van der Waals surface area (Å²) in [5.41, 5.74) is 0. The van der Waals surface area contributed by atoms with Crippen molar-refractivity contribution in [1.82, 2.24) is 10.2 Å². The predicted octanol–water partition coefficient (Wildman–Crippen LogP) is 2.35. The number of nitrogens with zero attached hydrogens (tertiary/aromatic N) is 1. The maximum Gasteiger partial charge on any atom is 0.0434 e. The van der Waals surface area contributed by atoms with Crippen molar-refractivity contribution in [3.8, 4) is 0 Å². The molecule has 0 spiro atoms. The lowest BCUT2D eigenvalue weighted by atomic mass is 9.73. The second kappa shape index (κ2) is 7.77. The Balaban J connectivity index is 1.85. The maximum atomic E-state index is 9.08. The highest BCUT2D eigenvalue weighted by Gasteiger charge is 2.33. The van der Waals surface area contributed by atoms with Gasteiger partial charge < -0.3 is 15.3 Å². The first-order chi connectivity index (χ1) is 9.63. The van der Waals surface area contributed by atoms with E-state index >= 15 is 0 Å². The average molecular weight is 282 g/mol. The number of hydrogen-bond donors (Lipinski definition) is 2. The van der Waals surface area contributed by atoms with Gasteiger partial charge in [-0.25, -0.2) is 0 Å². The van der Waals surface area contributed by atoms with Crippen molar-refractivity contribution in [2.75, 3.05) is 33.3 Å². The van der Waals surface area contributed by atoms with Crippen LogP contribution in [-0.4, -0.2) is 49.3 Å². The number of hydrogen-bond acceptors (Lipinski definition) is 3. The van der Waals surface area contributed by atoms with Crippen molar-refractivity contribution in [3.63, 3.8) is 0 Å². The van der Waals surface area contributed by atoms with E-state index in [1.165, 1.54) is 45.3 Å². The molecule has 1 heterocycles. The highest BCUT2D eigenvalue weighted by atomic mass is 16.3. The third kappa shape index (κ3) is 4.19. The molecule has 2 fully saturated rings. The molecule has 3 heteroatoms. The van der Waals surface area contributed by atoms with Crippen LogP contribution >= 0.6 is 0 Å². The normalized spacial score (nSPS) is 35.9. The summed E-state index contributed by atoms with van der Waals surface area (Å²) in [6, 6.07) is 0.710. The minimum absolute atomic E-state index is 0.358. The van der Waals surface area contributed by atoms with Gasteiger partial charge in [-0.05, 0) is 69.4 Å². The van der Waals surface area contributed by atoms with E-state index in [-0.39, 0.29) is 0 Å². The molecule has 0 aromatic rings. The van der Waals surface area contributed by atoms with Crippen LogP contribution < -0.4 is 5.32 Å². The van der Waals surface area contributed by atoms with Crippen LogP contribution in [0.25, 0.3) is 0 Å². The Morgan fingerprint density at radius 3 is 2.70 bits per heavy atom. The highest BCUT2D eigenvalue weighted by Crippen LogP contribution is 2.35. The van der Waals surface area contributed by atoms with Gasteiger partial charge in [-0.3, -0.25) is 0 Å². The Morgan fingerprint density at radius 2 is 2.05 bits per heavy atom. The summed E-state index contributed by atoms with van der Waals surface area (Å²) in [5, 5.41) is 12.6. The van der Waals surface area contributed by atoms with E-state index in [0.29, 0.717) is 12.6 Å². The molecule has 1 aliphatic carbocycles. The van der Waals surface area contributed by atoms with Gasteiger partial charge in [0.1, 0.15) is 0 Å². The molecule has 2 aliphatic rings. The van der Waals surface area contributed by atoms with E-state index in [1.54, 1.807) is 0 Å². The average Bonchev–Trinajstić information content (AvgIpc) is 2.86. The van der Waals surface area contributed by atoms with E-state index in [4.69, 9.17) is 5.11 Å². The molecule has 4 unspecified atom stereocenters. The van der Waals surface area contributed by atoms with Crippen molar-refractivity contribution < 1.29 is 5.11 Å². The fourth-order valence-electron chi connectivity index (χ4n) is 4.32. The lowest BCUT2D eigenvalue weighted by Gasteiger charge is -2.39. The van der Waals surface area contributed by atoms with Crippen LogP contribution in [0.5, 0.6) is 0 Å². The van der Waals surface area contributed by atoms with Crippen molar-refractivity contribution >= 4 is 0 Å². The molecule has 0 radical (unpaired) electrons. The molecule has 1 aliphatic heterocycles. The van der Waals surface area contributed by atoms with Crippen molar-refractivity contribution in [1.29, 1.82) is 0 Å². The highest BCUT2D eigenvalue weighted by molar-refractivity contribution is 4.88. The zero-order valence-electron chi connectivity index (χ0n) is 13.6. The van der Waals surface area contributed by atoms with E-state index < -0.39 is 0 Å². The zero-order valence-corrected chi connectivity index (χ0v) is 13.6. The molecule has 0 amide bonds. The molecule has 0 bridgehead atoms. The Bertz CT molecular complexity index is 282. The summed E-state index contributed by atoms with van der Waals surface area (Å²) in [6.45, 7) is 8.83. The van der Waals surface area contributed by atoms with Gasteiger partial charge in [-0.15, -0.1) is 0 Å². The van der Waals surface area contributed by atoms with Gasteiger partial charge in [-0.1, -0.05) is 13.8 Å². The standard InChI is InChI=1S/C17H34N2O/c1-13(2)15-4-5-17(18-3)16(10-15)12-19-8-6-14(11-19)7-9-20/h13-18,20H,4-12H2,1-3H3. The second-order valence-corrected chi connectivity index (χ2v) is 7.40. The zero-order chi connectivity index (χ0) is 14.5. The van der Waals surface area contributed by atoms with Crippen molar-refractivity contribution in [2.45, 2.75) is 52.0 Å². The third-order valence-corrected chi connectivity index (χ3v) is 5.74. The van der Waals surface area contributed by atoms with Crippen molar-refractivity contribution in [2.24, 2.45) is 23.7 Å². The fourth-order valence-corrected chi connectivity index (χ4v) is 4.32. The van der Waals surface area contributed by atoms with Gasteiger partial charge in [-0.2, -0.15) is 0 Å². The largest absolute Gasteiger partial charge is 0.396 e. The summed E-state index contributed by atoms with van der Waals surface area (Å²) in [4.78, 5) is 2.65. The number of rotatable bonds is 6. The molecule has 2 rings (SSSR count). The van der Waals surface area contributed by atoms with Crippen LogP contribution in [-0.2, 0) is 0 Å². The number of likely N-dealkylation sites (tertiary alicyclic amines) is 1. The van der Waals surface area contributed by atoms with Crippen LogP contribution in [0.2, 0.25) is 0 Å². The predicted molar refractivity (Wildman–Crippen MR) is 84.8 cm³/mol. The van der Waals surface area contributed by atoms with Crippen LogP contribution in [0.4, 0.5) is 0 Å². The number of nitrogens with one attached hydrogen (secondary N) is 1. The minimum Gasteiger partial charge on any atom is -0.396 e. The first-order valence-electron chi connectivity index (χ1n) is 8.64. The number of aliphatic hydroxyl groups excluding tert-OH is 1. The summed E-state index contributed by atoms with van der Waals surface area (Å²) < 4.78 is 0. The quantitative estimate of drug-likeness (QED) is 0.785. The third-order valence-electron chi connectivity index (χ3n) is 5.74. The van der Waals surface area contributed by atoms with Gasteiger partial charge in [0.2, 0.25) is 0 Å². The van der Waals surface area contributed by atoms with Gasteiger partial charge in [0.25, 0.3) is 0 Å². The van der Waals surface area contributed by atoms with Crippen LogP contribution in [0, 0.1) is 23.7 Å². The number of aliphatic hydroxyl groups is 1. The lowest BCUT2D eigenvalue weighted by Crippen LogP contribution is -2.45. The Kier molecular flexibility index (Phi) is 6.31. The Hall–Kier alpha value is -0.120. The molecule has 4 atom stereocenters. The maximum absolute atomic E-state index is 9.08. The first-order valence-corrected chi connectivity index (χ1v) is 8.64. The lowest BCUT2D eigenvalue weighted by molar-refractivity contribution is 0.133. The van der Waals surface area contributed by atoms with Crippen LogP contribution in [0.1, 0.15) is 46.0 Å². The molecular weight excluding hydrogens is 248 g/mol. The SMILES string of the molecule is CNC1CCC(C(C)C)CC1CN1CCC(CCO)C1. The first kappa shape index (κ1) is 16.3. The summed E-state index contributed by atoms with van der Waals surface area (Å²) >= 11 is 0. The van der Waals surface area contributed by atoms with E-state index in [2.05, 4.69) is 31.1 Å². The van der Waals surface area contributed by atoms with Gasteiger partial charge in [0, 0.05) is 25.7 Å². The second-order valence-electron chi connectivity index (χ2n) is 7.40. The summed E-state index contributed by atoms with van der Waals surface area (Å²) in [5.74, 6) is 3.29. The van der Waals surface area contributed by atoms with Gasteiger partial charge >= 0.3 is 0 Å². The summed E-state index contributed by atoms with van der Waals surface area (Å²) in [7, 11) is 2.13. The van der Waals surface area contributed by atoms with Gasteiger partial charge in [0.05, 0.1) is 0 Å². The van der Waals surface area contributed by atoms with E-state index in [9.17, 15) is 0 Å². The van der Waals surface area contributed by atoms with E-state index in [0.717, 1.165) is 30.1 Å². The molecule has 1 saturated carbocycles. The Morgan fingerprint density at radius 1 is 1.25 bits per heavy atom. The molecule has 2 N–H and O–H groups in total. The smallest absolute Gasteiger partial charge is 0.0434 e. The minimum atomic E-state index is 0.358. The monoisotopic (exact) mass is 282 g/mol. The fraction of sp³-hybridized carbons (Fsp3) is 1.00. The molecular formula is C17H34N2O. The summed E-state index contributed by atoms with van der Waals surface area (Å²) in [6.07, 6.45) is 6.41.